The maximum absolute atomic E-state index is 13.7. The third-order valence-electron chi connectivity index (χ3n) is 5.75. The maximum Gasteiger partial charge on any atom is 0.129 e. The van der Waals surface area contributed by atoms with E-state index in [0.29, 0.717) is 18.4 Å². The molecule has 0 aliphatic heterocycles. The molecule has 2 atom stereocenters. The molecule has 3 heteroatoms. The van der Waals surface area contributed by atoms with Gasteiger partial charge in [0.1, 0.15) is 11.6 Å². The van der Waals surface area contributed by atoms with E-state index in [2.05, 4.69) is 37.4 Å². The minimum atomic E-state index is -0.434. The molecule has 0 saturated heterocycles. The molecule has 2 aromatic rings. The first kappa shape index (κ1) is 19.0. The highest BCUT2D eigenvalue weighted by molar-refractivity contribution is 5.37. The van der Waals surface area contributed by atoms with Gasteiger partial charge in [-0.2, -0.15) is 0 Å². The molecule has 1 N–H and O–H groups in total. The Kier molecular flexibility index (Phi) is 6.42. The Morgan fingerprint density at radius 3 is 2.23 bits per heavy atom. The van der Waals surface area contributed by atoms with Crippen LogP contribution in [0.2, 0.25) is 0 Å². The van der Waals surface area contributed by atoms with E-state index in [9.17, 15) is 8.78 Å². The fourth-order valence-corrected chi connectivity index (χ4v) is 4.46. The van der Waals surface area contributed by atoms with Crippen LogP contribution in [0.1, 0.15) is 60.3 Å². The van der Waals surface area contributed by atoms with Gasteiger partial charge in [-0.15, -0.1) is 0 Å². The predicted octanol–water partition coefficient (Wildman–Crippen LogP) is 5.83. The fourth-order valence-electron chi connectivity index (χ4n) is 4.46. The van der Waals surface area contributed by atoms with E-state index in [1.54, 1.807) is 0 Å². The van der Waals surface area contributed by atoms with Crippen LogP contribution in [0.3, 0.4) is 0 Å². The molecule has 2 aromatic carbocycles. The lowest BCUT2D eigenvalue weighted by atomic mass is 9.77. The molecule has 0 spiro atoms. The van der Waals surface area contributed by atoms with Crippen LogP contribution in [0.4, 0.5) is 8.78 Å². The van der Waals surface area contributed by atoms with Crippen LogP contribution in [-0.2, 0) is 6.42 Å². The highest BCUT2D eigenvalue weighted by Gasteiger charge is 2.28. The first-order valence-corrected chi connectivity index (χ1v) is 9.80. The zero-order valence-electron chi connectivity index (χ0n) is 15.8. The van der Waals surface area contributed by atoms with Crippen LogP contribution in [-0.4, -0.2) is 12.6 Å². The van der Waals surface area contributed by atoms with E-state index >= 15 is 0 Å². The molecule has 0 heterocycles. The molecule has 1 fully saturated rings. The van der Waals surface area contributed by atoms with Gasteiger partial charge in [0.05, 0.1) is 0 Å². The summed E-state index contributed by atoms with van der Waals surface area (Å²) in [5.74, 6) is -0.331. The second kappa shape index (κ2) is 8.77. The lowest BCUT2D eigenvalue weighted by Crippen LogP contribution is -2.38. The van der Waals surface area contributed by atoms with Gasteiger partial charge in [0.25, 0.3) is 0 Å². The number of halogens is 2. The maximum atomic E-state index is 13.7. The van der Waals surface area contributed by atoms with Gasteiger partial charge >= 0.3 is 0 Å². The quantitative estimate of drug-likeness (QED) is 0.641. The summed E-state index contributed by atoms with van der Waals surface area (Å²) in [6.07, 6.45) is 6.09. The van der Waals surface area contributed by atoms with Gasteiger partial charge in [0.2, 0.25) is 0 Å². The van der Waals surface area contributed by atoms with E-state index in [1.807, 2.05) is 0 Å². The largest absolute Gasteiger partial charge is 0.313 e. The Hall–Kier alpha value is -1.74. The molecule has 0 bridgehead atoms. The summed E-state index contributed by atoms with van der Waals surface area (Å²) in [5, 5.41) is 3.69. The zero-order chi connectivity index (χ0) is 18.5. The summed E-state index contributed by atoms with van der Waals surface area (Å²) < 4.78 is 27.5. The van der Waals surface area contributed by atoms with Crippen LogP contribution in [0, 0.1) is 25.5 Å². The standard InChI is InChI=1S/C23H29F2N/c1-16-8-5-9-17(2)23(16)19-10-3-4-14-22(19)26-15-7-11-18-20(24)12-6-13-21(18)25/h5-6,8-9,12-13,19,22,26H,3-4,7,10-11,14-15H2,1-2H3. The summed E-state index contributed by atoms with van der Waals surface area (Å²) in [7, 11) is 0. The third-order valence-corrected chi connectivity index (χ3v) is 5.75. The first-order valence-electron chi connectivity index (χ1n) is 9.80. The van der Waals surface area contributed by atoms with Crippen molar-refractivity contribution in [1.82, 2.24) is 5.32 Å². The Bertz CT molecular complexity index is 700. The van der Waals surface area contributed by atoms with Crippen LogP contribution >= 0.6 is 0 Å². The van der Waals surface area contributed by atoms with Gasteiger partial charge in [-0.3, -0.25) is 0 Å². The van der Waals surface area contributed by atoms with E-state index in [-0.39, 0.29) is 5.56 Å². The average Bonchev–Trinajstić information content (AvgIpc) is 2.61. The van der Waals surface area contributed by atoms with Crippen LogP contribution in [0.5, 0.6) is 0 Å². The van der Waals surface area contributed by atoms with E-state index in [0.717, 1.165) is 13.0 Å². The van der Waals surface area contributed by atoms with E-state index < -0.39 is 11.6 Å². The van der Waals surface area contributed by atoms with Crippen molar-refractivity contribution in [2.75, 3.05) is 6.54 Å². The summed E-state index contributed by atoms with van der Waals surface area (Å²) >= 11 is 0. The summed E-state index contributed by atoms with van der Waals surface area (Å²) in [6, 6.07) is 11.1. The molecule has 3 rings (SSSR count). The smallest absolute Gasteiger partial charge is 0.129 e. The van der Waals surface area contributed by atoms with E-state index in [4.69, 9.17) is 0 Å². The molecule has 0 amide bonds. The molecule has 1 nitrogen and oxygen atoms in total. The number of aryl methyl sites for hydroxylation is 2. The van der Waals surface area contributed by atoms with Crippen molar-refractivity contribution in [1.29, 1.82) is 0 Å². The number of rotatable bonds is 6. The average molecular weight is 357 g/mol. The fraction of sp³-hybridized carbons (Fsp3) is 0.478. The molecule has 140 valence electrons. The second-order valence-corrected chi connectivity index (χ2v) is 7.56. The van der Waals surface area contributed by atoms with Crippen LogP contribution in [0.25, 0.3) is 0 Å². The third kappa shape index (κ3) is 4.32. The number of nitrogens with one attached hydrogen (secondary N) is 1. The molecule has 1 saturated carbocycles. The van der Waals surface area contributed by atoms with Crippen molar-refractivity contribution in [3.63, 3.8) is 0 Å². The van der Waals surface area contributed by atoms with Gasteiger partial charge < -0.3 is 5.32 Å². The van der Waals surface area contributed by atoms with Crippen LogP contribution in [0.15, 0.2) is 36.4 Å². The van der Waals surface area contributed by atoms with E-state index in [1.165, 1.54) is 60.6 Å². The van der Waals surface area contributed by atoms with Crippen molar-refractivity contribution in [3.05, 3.63) is 70.3 Å². The molecule has 2 unspecified atom stereocenters. The van der Waals surface area contributed by atoms with Gasteiger partial charge in [-0.25, -0.2) is 8.78 Å². The molecule has 0 aromatic heterocycles. The minimum Gasteiger partial charge on any atom is -0.313 e. The summed E-state index contributed by atoms with van der Waals surface area (Å²) in [4.78, 5) is 0. The lowest BCUT2D eigenvalue weighted by molar-refractivity contribution is 0.325. The van der Waals surface area contributed by atoms with Crippen molar-refractivity contribution in [2.24, 2.45) is 0 Å². The Morgan fingerprint density at radius 2 is 1.54 bits per heavy atom. The summed E-state index contributed by atoms with van der Waals surface area (Å²) in [5.41, 5.74) is 4.45. The topological polar surface area (TPSA) is 12.0 Å². The Balaban J connectivity index is 1.61. The number of hydrogen-bond donors (Lipinski definition) is 1. The molecular weight excluding hydrogens is 328 g/mol. The lowest BCUT2D eigenvalue weighted by Gasteiger charge is -2.34. The molecule has 0 radical (unpaired) electrons. The highest BCUT2D eigenvalue weighted by atomic mass is 19.1. The SMILES string of the molecule is Cc1cccc(C)c1C1CCCCC1NCCCc1c(F)cccc1F. The van der Waals surface area contributed by atoms with Crippen molar-refractivity contribution in [2.45, 2.75) is 64.3 Å². The Labute approximate surface area is 155 Å². The molecule has 1 aliphatic carbocycles. The predicted molar refractivity (Wildman–Crippen MR) is 104 cm³/mol. The summed E-state index contributed by atoms with van der Waals surface area (Å²) in [6.45, 7) is 5.20. The van der Waals surface area contributed by atoms with Crippen molar-refractivity contribution < 1.29 is 8.78 Å². The number of hydrogen-bond acceptors (Lipinski definition) is 1. The van der Waals surface area contributed by atoms with Crippen molar-refractivity contribution in [3.8, 4) is 0 Å². The van der Waals surface area contributed by atoms with Gasteiger partial charge in [-0.05, 0) is 80.8 Å². The van der Waals surface area contributed by atoms with Gasteiger partial charge in [0, 0.05) is 11.6 Å². The minimum absolute atomic E-state index is 0.212. The first-order chi connectivity index (χ1) is 12.6. The van der Waals surface area contributed by atoms with Crippen molar-refractivity contribution >= 4 is 0 Å². The molecular formula is C23H29F2N. The van der Waals surface area contributed by atoms with Gasteiger partial charge in [-0.1, -0.05) is 37.1 Å². The van der Waals surface area contributed by atoms with Gasteiger partial charge in [0.15, 0.2) is 0 Å². The van der Waals surface area contributed by atoms with Crippen LogP contribution < -0.4 is 5.32 Å². The highest BCUT2D eigenvalue weighted by Crippen LogP contribution is 2.36. The zero-order valence-corrected chi connectivity index (χ0v) is 15.8. The Morgan fingerprint density at radius 1 is 0.923 bits per heavy atom. The monoisotopic (exact) mass is 357 g/mol. The molecule has 26 heavy (non-hydrogen) atoms. The normalized spacial score (nSPS) is 20.3. The molecule has 1 aliphatic rings. The number of benzene rings is 2. The second-order valence-electron chi connectivity index (χ2n) is 7.56.